The maximum atomic E-state index is 11.9. The van der Waals surface area contributed by atoms with Crippen molar-refractivity contribution in [2.75, 3.05) is 32.2 Å². The van der Waals surface area contributed by atoms with Crippen molar-refractivity contribution < 1.29 is 14.3 Å². The van der Waals surface area contributed by atoms with E-state index in [1.807, 2.05) is 31.3 Å². The van der Waals surface area contributed by atoms with Gasteiger partial charge in [0.15, 0.2) is 6.10 Å². The Labute approximate surface area is 119 Å². The van der Waals surface area contributed by atoms with E-state index >= 15 is 0 Å². The minimum absolute atomic E-state index is 0. The van der Waals surface area contributed by atoms with E-state index in [0.29, 0.717) is 19.8 Å². The van der Waals surface area contributed by atoms with Gasteiger partial charge in [0.25, 0.3) is 5.91 Å². The molecule has 1 aliphatic rings. The van der Waals surface area contributed by atoms with Crippen LogP contribution in [0.15, 0.2) is 24.3 Å². The first-order valence-corrected chi connectivity index (χ1v) is 6.03. The van der Waals surface area contributed by atoms with Gasteiger partial charge in [-0.05, 0) is 24.7 Å². The number of anilines is 1. The van der Waals surface area contributed by atoms with Crippen molar-refractivity contribution in [3.8, 4) is 0 Å². The molecular formula is C13H19ClN2O3. The number of carbonyl (C=O) groups excluding carboxylic acids is 1. The molecule has 6 heteroatoms. The Morgan fingerprint density at radius 2 is 2.26 bits per heavy atom. The van der Waals surface area contributed by atoms with Gasteiger partial charge in [-0.25, -0.2) is 0 Å². The van der Waals surface area contributed by atoms with Crippen LogP contribution in [0.25, 0.3) is 0 Å². The molecule has 1 atom stereocenters. The minimum Gasteiger partial charge on any atom is -0.376 e. The number of carbonyl (C=O) groups is 1. The molecule has 5 nitrogen and oxygen atoms in total. The fourth-order valence-corrected chi connectivity index (χ4v) is 1.83. The largest absolute Gasteiger partial charge is 0.376 e. The lowest BCUT2D eigenvalue weighted by Crippen LogP contribution is -2.39. The topological polar surface area (TPSA) is 59.6 Å². The lowest BCUT2D eigenvalue weighted by molar-refractivity contribution is -0.142. The van der Waals surface area contributed by atoms with Gasteiger partial charge in [-0.2, -0.15) is 0 Å². The average molecular weight is 287 g/mol. The van der Waals surface area contributed by atoms with Gasteiger partial charge in [-0.15, -0.1) is 12.4 Å². The molecule has 1 heterocycles. The highest BCUT2D eigenvalue weighted by atomic mass is 35.5. The van der Waals surface area contributed by atoms with E-state index in [0.717, 1.165) is 17.8 Å². The summed E-state index contributed by atoms with van der Waals surface area (Å²) in [4.78, 5) is 11.9. The Hall–Kier alpha value is -1.14. The van der Waals surface area contributed by atoms with E-state index in [1.54, 1.807) is 0 Å². The summed E-state index contributed by atoms with van der Waals surface area (Å²) in [5.41, 5.74) is 1.90. The van der Waals surface area contributed by atoms with Crippen molar-refractivity contribution in [1.29, 1.82) is 0 Å². The van der Waals surface area contributed by atoms with Gasteiger partial charge in [0.1, 0.15) is 0 Å². The number of rotatable bonds is 4. The number of benzene rings is 1. The van der Waals surface area contributed by atoms with Crippen LogP contribution in [-0.2, 0) is 20.8 Å². The van der Waals surface area contributed by atoms with Crippen LogP contribution in [0, 0.1) is 0 Å². The van der Waals surface area contributed by atoms with Crippen molar-refractivity contribution in [2.45, 2.75) is 12.6 Å². The first kappa shape index (κ1) is 15.9. The number of nitrogens with one attached hydrogen (secondary N) is 2. The molecule has 1 unspecified atom stereocenters. The van der Waals surface area contributed by atoms with E-state index in [1.165, 1.54) is 0 Å². The Morgan fingerprint density at radius 1 is 1.42 bits per heavy atom. The summed E-state index contributed by atoms with van der Waals surface area (Å²) in [6.07, 6.45) is -0.508. The second kappa shape index (κ2) is 8.12. The maximum Gasteiger partial charge on any atom is 0.255 e. The van der Waals surface area contributed by atoms with Crippen LogP contribution in [0.1, 0.15) is 5.56 Å². The number of hydrogen-bond donors (Lipinski definition) is 2. The highest BCUT2D eigenvalue weighted by molar-refractivity contribution is 5.94. The normalized spacial score (nSPS) is 18.5. The fraction of sp³-hybridized carbons (Fsp3) is 0.462. The highest BCUT2D eigenvalue weighted by Gasteiger charge is 2.22. The third kappa shape index (κ3) is 4.80. The molecule has 1 fully saturated rings. The molecule has 19 heavy (non-hydrogen) atoms. The van der Waals surface area contributed by atoms with Crippen molar-refractivity contribution in [1.82, 2.24) is 5.32 Å². The van der Waals surface area contributed by atoms with Gasteiger partial charge >= 0.3 is 0 Å². The maximum absolute atomic E-state index is 11.9. The summed E-state index contributed by atoms with van der Waals surface area (Å²) in [5, 5.41) is 5.91. The average Bonchev–Trinajstić information content (AvgIpc) is 2.40. The van der Waals surface area contributed by atoms with E-state index in [9.17, 15) is 4.79 Å². The summed E-state index contributed by atoms with van der Waals surface area (Å²) in [5.74, 6) is -0.156. The molecule has 106 valence electrons. The molecule has 1 aliphatic heterocycles. The third-order valence-electron chi connectivity index (χ3n) is 2.68. The summed E-state index contributed by atoms with van der Waals surface area (Å²) in [7, 11) is 1.89. The molecule has 2 N–H and O–H groups in total. The first-order chi connectivity index (χ1) is 8.79. The second-order valence-corrected chi connectivity index (χ2v) is 4.15. The summed E-state index contributed by atoms with van der Waals surface area (Å²) >= 11 is 0. The molecule has 1 aromatic rings. The van der Waals surface area contributed by atoms with Crippen LogP contribution in [0.4, 0.5) is 5.69 Å². The molecule has 0 saturated carbocycles. The molecule has 0 aliphatic carbocycles. The Balaban J connectivity index is 0.00000180. The summed E-state index contributed by atoms with van der Waals surface area (Å²) in [6.45, 7) is 2.12. The fourth-order valence-electron chi connectivity index (χ4n) is 1.83. The Morgan fingerprint density at radius 3 is 2.95 bits per heavy atom. The zero-order valence-electron chi connectivity index (χ0n) is 10.8. The van der Waals surface area contributed by atoms with Crippen LogP contribution >= 0.6 is 12.4 Å². The van der Waals surface area contributed by atoms with Crippen LogP contribution in [-0.4, -0.2) is 38.9 Å². The zero-order valence-corrected chi connectivity index (χ0v) is 11.7. The molecule has 0 spiro atoms. The van der Waals surface area contributed by atoms with Gasteiger partial charge in [0.05, 0.1) is 19.8 Å². The third-order valence-corrected chi connectivity index (χ3v) is 2.68. The smallest absolute Gasteiger partial charge is 0.255 e. The number of ether oxygens (including phenoxy) is 2. The SMILES string of the molecule is CNCc1cccc(NC(=O)C2COCCO2)c1.Cl. The van der Waals surface area contributed by atoms with Crippen molar-refractivity contribution in [3.05, 3.63) is 29.8 Å². The van der Waals surface area contributed by atoms with E-state index in [-0.39, 0.29) is 18.3 Å². The van der Waals surface area contributed by atoms with E-state index < -0.39 is 6.10 Å². The van der Waals surface area contributed by atoms with Gasteiger partial charge in [-0.3, -0.25) is 4.79 Å². The van der Waals surface area contributed by atoms with Gasteiger partial charge in [0.2, 0.25) is 0 Å². The van der Waals surface area contributed by atoms with E-state index in [2.05, 4.69) is 10.6 Å². The van der Waals surface area contributed by atoms with Crippen molar-refractivity contribution in [3.63, 3.8) is 0 Å². The number of halogens is 1. The van der Waals surface area contributed by atoms with Crippen LogP contribution in [0.3, 0.4) is 0 Å². The molecule has 2 rings (SSSR count). The second-order valence-electron chi connectivity index (χ2n) is 4.15. The molecule has 1 aromatic carbocycles. The number of amides is 1. The molecule has 0 bridgehead atoms. The minimum atomic E-state index is -0.508. The molecule has 0 aromatic heterocycles. The Kier molecular flexibility index (Phi) is 6.80. The molecular weight excluding hydrogens is 268 g/mol. The molecule has 1 amide bonds. The molecule has 0 radical (unpaired) electrons. The lowest BCUT2D eigenvalue weighted by atomic mass is 10.2. The quantitative estimate of drug-likeness (QED) is 0.873. The van der Waals surface area contributed by atoms with Crippen LogP contribution in [0.5, 0.6) is 0 Å². The zero-order chi connectivity index (χ0) is 12.8. The summed E-state index contributed by atoms with van der Waals surface area (Å²) < 4.78 is 10.5. The van der Waals surface area contributed by atoms with Gasteiger partial charge < -0.3 is 20.1 Å². The van der Waals surface area contributed by atoms with Gasteiger partial charge in [0, 0.05) is 12.2 Å². The summed E-state index contributed by atoms with van der Waals surface area (Å²) in [6, 6.07) is 7.73. The van der Waals surface area contributed by atoms with Crippen molar-refractivity contribution in [2.24, 2.45) is 0 Å². The first-order valence-electron chi connectivity index (χ1n) is 6.03. The predicted molar refractivity (Wildman–Crippen MR) is 75.6 cm³/mol. The lowest BCUT2D eigenvalue weighted by Gasteiger charge is -2.22. The number of hydrogen-bond acceptors (Lipinski definition) is 4. The van der Waals surface area contributed by atoms with Crippen molar-refractivity contribution >= 4 is 24.0 Å². The monoisotopic (exact) mass is 286 g/mol. The van der Waals surface area contributed by atoms with Gasteiger partial charge in [-0.1, -0.05) is 12.1 Å². The van der Waals surface area contributed by atoms with E-state index in [4.69, 9.17) is 9.47 Å². The predicted octanol–water partition coefficient (Wildman–Crippen LogP) is 1.18. The standard InChI is InChI=1S/C13H18N2O3.ClH/c1-14-8-10-3-2-4-11(7-10)15-13(16)12-9-17-5-6-18-12;/h2-4,7,12,14H,5-6,8-9H2,1H3,(H,15,16);1H. The van der Waals surface area contributed by atoms with Crippen LogP contribution in [0.2, 0.25) is 0 Å². The van der Waals surface area contributed by atoms with Crippen LogP contribution < -0.4 is 10.6 Å². The Bertz CT molecular complexity index is 409. The highest BCUT2D eigenvalue weighted by Crippen LogP contribution is 2.12. The molecule has 1 saturated heterocycles.